The summed E-state index contributed by atoms with van der Waals surface area (Å²) in [5, 5.41) is 2.71. The van der Waals surface area contributed by atoms with E-state index < -0.39 is 34.0 Å². The summed E-state index contributed by atoms with van der Waals surface area (Å²) in [7, 11) is -3.86. The predicted molar refractivity (Wildman–Crippen MR) is 94.8 cm³/mol. The van der Waals surface area contributed by atoms with Gasteiger partial charge in [0, 0.05) is 5.56 Å². The molecule has 1 aliphatic rings. The number of fused-ring (bicyclic) bond motifs is 1. The van der Waals surface area contributed by atoms with Crippen LogP contribution in [0.5, 0.6) is 0 Å². The fraction of sp³-hybridized carbons (Fsp3) is 0.500. The van der Waals surface area contributed by atoms with Crippen molar-refractivity contribution < 1.29 is 22.1 Å². The van der Waals surface area contributed by atoms with Gasteiger partial charge in [-0.05, 0) is 40.2 Å². The van der Waals surface area contributed by atoms with E-state index in [9.17, 15) is 13.2 Å². The topological polar surface area (TPSA) is 81.7 Å². The van der Waals surface area contributed by atoms with Gasteiger partial charge in [-0.3, -0.25) is 4.18 Å². The molecule has 6 nitrogen and oxygen atoms in total. The molecule has 1 N–H and O–H groups in total. The van der Waals surface area contributed by atoms with Crippen LogP contribution in [0, 0.1) is 6.92 Å². The van der Waals surface area contributed by atoms with Gasteiger partial charge in [-0.2, -0.15) is 8.42 Å². The first kappa shape index (κ1) is 19.5. The summed E-state index contributed by atoms with van der Waals surface area (Å²) in [6.07, 6.45) is -0.948. The SMILES string of the molecule is C=C(CC)C(NC(=O)OC(C)(C)C)C1OS(=O)(=O)c2ccc(C)cc21. The molecule has 0 fully saturated rings. The van der Waals surface area contributed by atoms with Crippen molar-refractivity contribution in [2.75, 3.05) is 0 Å². The predicted octanol–water partition coefficient (Wildman–Crippen LogP) is 3.61. The van der Waals surface area contributed by atoms with Crippen LogP contribution in [0.1, 0.15) is 51.3 Å². The van der Waals surface area contributed by atoms with Crippen molar-refractivity contribution in [1.82, 2.24) is 5.32 Å². The van der Waals surface area contributed by atoms with Crippen LogP contribution in [-0.2, 0) is 19.0 Å². The van der Waals surface area contributed by atoms with E-state index in [0.29, 0.717) is 17.6 Å². The van der Waals surface area contributed by atoms with Gasteiger partial charge in [-0.15, -0.1) is 0 Å². The van der Waals surface area contributed by atoms with Crippen LogP contribution in [0.3, 0.4) is 0 Å². The number of benzene rings is 1. The molecule has 0 radical (unpaired) electrons. The van der Waals surface area contributed by atoms with Crippen LogP contribution >= 0.6 is 0 Å². The van der Waals surface area contributed by atoms with Crippen molar-refractivity contribution in [1.29, 1.82) is 0 Å². The number of nitrogens with one attached hydrogen (secondary N) is 1. The summed E-state index contributed by atoms with van der Waals surface area (Å²) < 4.78 is 35.2. The molecule has 1 aliphatic heterocycles. The molecule has 0 aromatic heterocycles. The van der Waals surface area contributed by atoms with E-state index in [4.69, 9.17) is 8.92 Å². The molecule has 0 bridgehead atoms. The van der Waals surface area contributed by atoms with E-state index in [1.165, 1.54) is 6.07 Å². The molecule has 7 heteroatoms. The Balaban J connectivity index is 2.39. The Morgan fingerprint density at radius 3 is 2.60 bits per heavy atom. The average Bonchev–Trinajstić information content (AvgIpc) is 2.73. The lowest BCUT2D eigenvalue weighted by Gasteiger charge is -2.27. The molecule has 0 saturated heterocycles. The van der Waals surface area contributed by atoms with Crippen molar-refractivity contribution >= 4 is 16.2 Å². The highest BCUT2D eigenvalue weighted by Gasteiger charge is 2.42. The number of amides is 1. The molecule has 1 aromatic carbocycles. The molecule has 138 valence electrons. The number of ether oxygens (including phenoxy) is 1. The maximum Gasteiger partial charge on any atom is 0.408 e. The molecular weight excluding hydrogens is 342 g/mol. The molecule has 2 atom stereocenters. The van der Waals surface area contributed by atoms with E-state index in [0.717, 1.165) is 5.56 Å². The zero-order valence-corrected chi connectivity index (χ0v) is 16.1. The molecule has 0 saturated carbocycles. The molecule has 2 rings (SSSR count). The van der Waals surface area contributed by atoms with E-state index in [-0.39, 0.29) is 4.90 Å². The smallest absolute Gasteiger partial charge is 0.408 e. The minimum absolute atomic E-state index is 0.128. The number of carbonyl (C=O) groups is 1. The fourth-order valence-corrected chi connectivity index (χ4v) is 3.93. The van der Waals surface area contributed by atoms with Crippen LogP contribution in [-0.4, -0.2) is 26.2 Å². The van der Waals surface area contributed by atoms with Crippen LogP contribution in [0.25, 0.3) is 0 Å². The monoisotopic (exact) mass is 367 g/mol. The molecule has 1 aromatic rings. The van der Waals surface area contributed by atoms with E-state index in [2.05, 4.69) is 11.9 Å². The maximum absolute atomic E-state index is 12.3. The van der Waals surface area contributed by atoms with Crippen molar-refractivity contribution in [3.8, 4) is 0 Å². The summed E-state index contributed by atoms with van der Waals surface area (Å²) in [4.78, 5) is 12.3. The van der Waals surface area contributed by atoms with Crippen LogP contribution in [0.2, 0.25) is 0 Å². The molecule has 25 heavy (non-hydrogen) atoms. The number of carbonyl (C=O) groups excluding carboxylic acids is 1. The summed E-state index contributed by atoms with van der Waals surface area (Å²) in [5.74, 6) is 0. The van der Waals surface area contributed by atoms with Gasteiger partial charge >= 0.3 is 6.09 Å². The minimum atomic E-state index is -3.86. The van der Waals surface area contributed by atoms with E-state index >= 15 is 0 Å². The molecule has 1 heterocycles. The third kappa shape index (κ3) is 4.41. The Bertz CT molecular complexity index is 792. The summed E-state index contributed by atoms with van der Waals surface area (Å²) in [6.45, 7) is 13.0. The number of aryl methyl sites for hydroxylation is 1. The van der Waals surface area contributed by atoms with Crippen LogP contribution < -0.4 is 5.32 Å². The molecule has 2 unspecified atom stereocenters. The Labute approximate surface area is 149 Å². The lowest BCUT2D eigenvalue weighted by molar-refractivity contribution is 0.0469. The highest BCUT2D eigenvalue weighted by atomic mass is 32.2. The van der Waals surface area contributed by atoms with Crippen molar-refractivity contribution in [2.24, 2.45) is 0 Å². The first-order valence-corrected chi connectivity index (χ1v) is 9.56. The van der Waals surface area contributed by atoms with Gasteiger partial charge in [-0.1, -0.05) is 36.8 Å². The Morgan fingerprint density at radius 2 is 2.04 bits per heavy atom. The summed E-state index contributed by atoms with van der Waals surface area (Å²) in [5.41, 5.74) is 1.41. The van der Waals surface area contributed by atoms with Gasteiger partial charge in [0.15, 0.2) is 0 Å². The number of alkyl carbamates (subject to hydrolysis) is 1. The second-order valence-electron chi connectivity index (χ2n) is 7.15. The lowest BCUT2D eigenvalue weighted by atomic mass is 9.94. The number of hydrogen-bond acceptors (Lipinski definition) is 5. The highest BCUT2D eigenvalue weighted by Crippen LogP contribution is 2.40. The molecular formula is C18H25NO5S. The standard InChI is InChI=1S/C18H25NO5S/c1-7-12(3)15(19-17(20)23-18(4,5)6)16-13-10-11(2)8-9-14(13)25(21,22)24-16/h8-10,15-16H,3,7H2,1-2,4-6H3,(H,19,20). The normalized spacial score (nSPS) is 19.8. The summed E-state index contributed by atoms with van der Waals surface area (Å²) in [6, 6.07) is 4.29. The second kappa shape index (κ2) is 6.80. The Kier molecular flexibility index (Phi) is 5.30. The Hall–Kier alpha value is -1.86. The van der Waals surface area contributed by atoms with E-state index in [1.807, 2.05) is 13.8 Å². The van der Waals surface area contributed by atoms with Crippen molar-refractivity contribution in [2.45, 2.75) is 63.7 Å². The molecule has 0 aliphatic carbocycles. The van der Waals surface area contributed by atoms with Gasteiger partial charge in [-0.25, -0.2) is 4.79 Å². The van der Waals surface area contributed by atoms with Gasteiger partial charge in [0.2, 0.25) is 0 Å². The summed E-state index contributed by atoms with van der Waals surface area (Å²) >= 11 is 0. The van der Waals surface area contributed by atoms with Gasteiger partial charge in [0.1, 0.15) is 16.6 Å². The van der Waals surface area contributed by atoms with E-state index in [1.54, 1.807) is 32.9 Å². The lowest BCUT2D eigenvalue weighted by Crippen LogP contribution is -2.43. The van der Waals surface area contributed by atoms with Crippen LogP contribution in [0.15, 0.2) is 35.2 Å². The largest absolute Gasteiger partial charge is 0.444 e. The second-order valence-corrected chi connectivity index (χ2v) is 8.69. The number of hydrogen-bond donors (Lipinski definition) is 1. The van der Waals surface area contributed by atoms with Crippen molar-refractivity contribution in [3.05, 3.63) is 41.5 Å². The van der Waals surface area contributed by atoms with Gasteiger partial charge in [0.25, 0.3) is 10.1 Å². The highest BCUT2D eigenvalue weighted by molar-refractivity contribution is 7.87. The third-order valence-electron chi connectivity index (χ3n) is 3.84. The molecule has 0 spiro atoms. The quantitative estimate of drug-likeness (QED) is 0.649. The first-order chi connectivity index (χ1) is 11.4. The van der Waals surface area contributed by atoms with Crippen LogP contribution in [0.4, 0.5) is 4.79 Å². The molecule has 1 amide bonds. The van der Waals surface area contributed by atoms with Crippen molar-refractivity contribution in [3.63, 3.8) is 0 Å². The number of rotatable bonds is 4. The first-order valence-electron chi connectivity index (χ1n) is 8.15. The maximum atomic E-state index is 12.3. The zero-order valence-electron chi connectivity index (χ0n) is 15.3. The zero-order chi connectivity index (χ0) is 19.0. The van der Waals surface area contributed by atoms with Gasteiger partial charge in [0.05, 0.1) is 6.04 Å². The fourth-order valence-electron chi connectivity index (χ4n) is 2.64. The minimum Gasteiger partial charge on any atom is -0.444 e. The average molecular weight is 367 g/mol. The third-order valence-corrected chi connectivity index (χ3v) is 5.21. The van der Waals surface area contributed by atoms with Gasteiger partial charge < -0.3 is 10.1 Å². The Morgan fingerprint density at radius 1 is 1.40 bits per heavy atom.